The second kappa shape index (κ2) is 9.65. The lowest BCUT2D eigenvalue weighted by molar-refractivity contribution is -0.134. The van der Waals surface area contributed by atoms with E-state index in [0.717, 1.165) is 18.8 Å². The van der Waals surface area contributed by atoms with Crippen molar-refractivity contribution in [1.82, 2.24) is 10.2 Å². The molecule has 0 bridgehead atoms. The quantitative estimate of drug-likeness (QED) is 0.781. The van der Waals surface area contributed by atoms with Crippen LogP contribution in [0.1, 0.15) is 13.8 Å². The summed E-state index contributed by atoms with van der Waals surface area (Å²) in [4.78, 5) is 29.5. The van der Waals surface area contributed by atoms with Crippen LogP contribution in [0, 0.1) is 5.92 Å². The van der Waals surface area contributed by atoms with Crippen molar-refractivity contribution in [2.24, 2.45) is 5.92 Å². The molecule has 1 aliphatic heterocycles. The molecule has 154 valence electrons. The zero-order valence-corrected chi connectivity index (χ0v) is 17.5. The predicted octanol–water partition coefficient (Wildman–Crippen LogP) is 3.83. The summed E-state index contributed by atoms with van der Waals surface area (Å²) in [6.45, 7) is 6.60. The molecule has 1 fully saturated rings. The summed E-state index contributed by atoms with van der Waals surface area (Å²) in [5.41, 5.74) is 1.79. The maximum atomic E-state index is 13.1. The molecule has 3 amide bonds. The van der Waals surface area contributed by atoms with E-state index in [9.17, 15) is 9.59 Å². The maximum Gasteiger partial charge on any atom is 0.319 e. The van der Waals surface area contributed by atoms with Crippen LogP contribution < -0.4 is 15.5 Å². The van der Waals surface area contributed by atoms with Gasteiger partial charge in [0.2, 0.25) is 5.91 Å². The second-order valence-electron chi connectivity index (χ2n) is 7.47. The lowest BCUT2D eigenvalue weighted by Crippen LogP contribution is -2.57. The monoisotopic (exact) mass is 414 g/mol. The summed E-state index contributed by atoms with van der Waals surface area (Å²) in [7, 11) is 0. The van der Waals surface area contributed by atoms with Gasteiger partial charge >= 0.3 is 6.03 Å². The van der Waals surface area contributed by atoms with Gasteiger partial charge in [0.25, 0.3) is 0 Å². The number of amides is 3. The number of urea groups is 1. The second-order valence-corrected chi connectivity index (χ2v) is 7.91. The van der Waals surface area contributed by atoms with Crippen LogP contribution in [-0.4, -0.2) is 49.1 Å². The van der Waals surface area contributed by atoms with E-state index in [0.29, 0.717) is 23.8 Å². The number of anilines is 2. The van der Waals surface area contributed by atoms with Crippen LogP contribution in [0.5, 0.6) is 0 Å². The summed E-state index contributed by atoms with van der Waals surface area (Å²) in [5.74, 6) is -0.0581. The minimum atomic E-state index is -0.569. The van der Waals surface area contributed by atoms with Crippen molar-refractivity contribution >= 4 is 34.9 Å². The Morgan fingerprint density at radius 1 is 0.931 bits per heavy atom. The minimum absolute atomic E-state index is 0.0154. The number of piperazine rings is 1. The fourth-order valence-electron chi connectivity index (χ4n) is 3.38. The van der Waals surface area contributed by atoms with Gasteiger partial charge < -0.3 is 20.4 Å². The average molecular weight is 415 g/mol. The van der Waals surface area contributed by atoms with Crippen LogP contribution in [0.25, 0.3) is 0 Å². The molecule has 0 aromatic heterocycles. The van der Waals surface area contributed by atoms with E-state index in [1.165, 1.54) is 0 Å². The molecule has 1 unspecified atom stereocenters. The fourth-order valence-corrected chi connectivity index (χ4v) is 3.50. The van der Waals surface area contributed by atoms with Crippen LogP contribution in [0.4, 0.5) is 16.2 Å². The normalized spacial score (nSPS) is 15.2. The standard InChI is InChI=1S/C22H27ClN4O2/c1-16(2)20(25-22(29)24-18-6-4-3-5-7-18)21(28)27-14-12-26(13-15-27)19-10-8-17(23)9-11-19/h3-11,16,20H,12-15H2,1-2H3,(H2,24,25,29). The lowest BCUT2D eigenvalue weighted by Gasteiger charge is -2.38. The van der Waals surface area contributed by atoms with Crippen molar-refractivity contribution in [3.63, 3.8) is 0 Å². The summed E-state index contributed by atoms with van der Waals surface area (Å²) >= 11 is 5.96. The molecule has 1 saturated heterocycles. The third-order valence-electron chi connectivity index (χ3n) is 5.03. The van der Waals surface area contributed by atoms with Crippen molar-refractivity contribution in [2.45, 2.75) is 19.9 Å². The van der Waals surface area contributed by atoms with Crippen LogP contribution in [0.15, 0.2) is 54.6 Å². The first-order valence-corrected chi connectivity index (χ1v) is 10.2. The molecule has 2 aromatic carbocycles. The molecule has 2 aromatic rings. The topological polar surface area (TPSA) is 64.7 Å². The molecule has 2 N–H and O–H groups in total. The van der Waals surface area contributed by atoms with Crippen LogP contribution in [-0.2, 0) is 4.79 Å². The number of nitrogens with one attached hydrogen (secondary N) is 2. The van der Waals surface area contributed by atoms with Crippen molar-refractivity contribution in [1.29, 1.82) is 0 Å². The third-order valence-corrected chi connectivity index (χ3v) is 5.29. The smallest absolute Gasteiger partial charge is 0.319 e. The Balaban J connectivity index is 1.56. The van der Waals surface area contributed by atoms with Gasteiger partial charge in [-0.3, -0.25) is 4.79 Å². The molecule has 0 aliphatic carbocycles. The molecule has 1 heterocycles. The number of benzene rings is 2. The summed E-state index contributed by atoms with van der Waals surface area (Å²) < 4.78 is 0. The average Bonchev–Trinajstić information content (AvgIpc) is 2.73. The largest absolute Gasteiger partial charge is 0.368 e. The van der Waals surface area contributed by atoms with Gasteiger partial charge in [0.1, 0.15) is 6.04 Å². The van der Waals surface area contributed by atoms with Gasteiger partial charge in [-0.15, -0.1) is 0 Å². The third kappa shape index (κ3) is 5.64. The highest BCUT2D eigenvalue weighted by atomic mass is 35.5. The Morgan fingerprint density at radius 2 is 1.55 bits per heavy atom. The van der Waals surface area contributed by atoms with Gasteiger partial charge in [-0.25, -0.2) is 4.79 Å². The molecule has 0 saturated carbocycles. The molecular weight excluding hydrogens is 388 g/mol. The van der Waals surface area contributed by atoms with Gasteiger partial charge in [0.05, 0.1) is 0 Å². The van der Waals surface area contributed by atoms with E-state index in [-0.39, 0.29) is 17.9 Å². The van der Waals surface area contributed by atoms with Gasteiger partial charge in [-0.1, -0.05) is 43.6 Å². The van der Waals surface area contributed by atoms with Gasteiger partial charge in [0, 0.05) is 42.6 Å². The SMILES string of the molecule is CC(C)C(NC(=O)Nc1ccccc1)C(=O)N1CCN(c2ccc(Cl)cc2)CC1. The van der Waals surface area contributed by atoms with Crippen LogP contribution in [0.3, 0.4) is 0 Å². The molecule has 7 heteroatoms. The summed E-state index contributed by atoms with van der Waals surface area (Å²) in [6.07, 6.45) is 0. The first kappa shape index (κ1) is 21.0. The van der Waals surface area contributed by atoms with Crippen molar-refractivity contribution in [3.8, 4) is 0 Å². The number of hydrogen-bond donors (Lipinski definition) is 2. The molecule has 29 heavy (non-hydrogen) atoms. The van der Waals surface area contributed by atoms with E-state index >= 15 is 0 Å². The number of halogens is 1. The van der Waals surface area contributed by atoms with E-state index < -0.39 is 6.04 Å². The van der Waals surface area contributed by atoms with Crippen molar-refractivity contribution in [3.05, 3.63) is 59.6 Å². The highest BCUT2D eigenvalue weighted by Gasteiger charge is 2.30. The zero-order valence-electron chi connectivity index (χ0n) is 16.8. The zero-order chi connectivity index (χ0) is 20.8. The first-order chi connectivity index (χ1) is 13.9. The molecule has 1 aliphatic rings. The number of nitrogens with zero attached hydrogens (tertiary/aromatic N) is 2. The molecule has 3 rings (SSSR count). The van der Waals surface area contributed by atoms with E-state index in [1.807, 2.05) is 73.3 Å². The highest BCUT2D eigenvalue weighted by Crippen LogP contribution is 2.20. The minimum Gasteiger partial charge on any atom is -0.368 e. The molecule has 0 spiro atoms. The Bertz CT molecular complexity index is 818. The Morgan fingerprint density at radius 3 is 2.14 bits per heavy atom. The van der Waals surface area contributed by atoms with Crippen LogP contribution >= 0.6 is 11.6 Å². The van der Waals surface area contributed by atoms with Crippen molar-refractivity contribution in [2.75, 3.05) is 36.4 Å². The molecule has 6 nitrogen and oxygen atoms in total. The van der Waals surface area contributed by atoms with Gasteiger partial charge in [0.15, 0.2) is 0 Å². The van der Waals surface area contributed by atoms with Crippen LogP contribution in [0.2, 0.25) is 5.02 Å². The van der Waals surface area contributed by atoms with Crippen molar-refractivity contribution < 1.29 is 9.59 Å². The Labute approximate surface area is 176 Å². The Hall–Kier alpha value is -2.73. The number of carbonyl (C=O) groups is 2. The lowest BCUT2D eigenvalue weighted by atomic mass is 10.0. The van der Waals surface area contributed by atoms with Gasteiger partial charge in [-0.05, 0) is 42.3 Å². The highest BCUT2D eigenvalue weighted by molar-refractivity contribution is 6.30. The molecular formula is C22H27ClN4O2. The predicted molar refractivity (Wildman–Crippen MR) is 117 cm³/mol. The van der Waals surface area contributed by atoms with Gasteiger partial charge in [-0.2, -0.15) is 0 Å². The number of carbonyl (C=O) groups excluding carboxylic acids is 2. The summed E-state index contributed by atoms with van der Waals surface area (Å²) in [5, 5.41) is 6.33. The number of para-hydroxylation sites is 1. The summed E-state index contributed by atoms with van der Waals surface area (Å²) in [6, 6.07) is 16.0. The Kier molecular flexibility index (Phi) is 6.99. The van der Waals surface area contributed by atoms with E-state index in [2.05, 4.69) is 15.5 Å². The molecule has 1 atom stereocenters. The first-order valence-electron chi connectivity index (χ1n) is 9.86. The number of rotatable bonds is 5. The molecule has 0 radical (unpaired) electrons. The maximum absolute atomic E-state index is 13.1. The van der Waals surface area contributed by atoms with E-state index in [4.69, 9.17) is 11.6 Å². The fraction of sp³-hybridized carbons (Fsp3) is 0.364. The number of hydrogen-bond acceptors (Lipinski definition) is 3. The van der Waals surface area contributed by atoms with E-state index in [1.54, 1.807) is 0 Å².